The number of nitrogens with one attached hydrogen (secondary N) is 1. The summed E-state index contributed by atoms with van der Waals surface area (Å²) in [4.78, 5) is 32.4. The number of carbonyl (C=O) groups is 2. The molecular formula is C32H30N2O3. The van der Waals surface area contributed by atoms with Crippen molar-refractivity contribution in [2.45, 2.75) is 52.5 Å². The van der Waals surface area contributed by atoms with Crippen LogP contribution in [0.2, 0.25) is 0 Å². The van der Waals surface area contributed by atoms with E-state index in [0.29, 0.717) is 11.3 Å². The van der Waals surface area contributed by atoms with Gasteiger partial charge in [0.2, 0.25) is 0 Å². The van der Waals surface area contributed by atoms with Gasteiger partial charge in [-0.25, -0.2) is 0 Å². The van der Waals surface area contributed by atoms with Crippen molar-refractivity contribution in [1.29, 1.82) is 0 Å². The minimum absolute atomic E-state index is 0.117. The first-order valence-electron chi connectivity index (χ1n) is 12.9. The predicted molar refractivity (Wildman–Crippen MR) is 147 cm³/mol. The molecule has 5 heteroatoms. The summed E-state index contributed by atoms with van der Waals surface area (Å²) in [7, 11) is 0. The summed E-state index contributed by atoms with van der Waals surface area (Å²) in [6.45, 7) is 5.91. The highest BCUT2D eigenvalue weighted by molar-refractivity contribution is 6.52. The molecule has 1 unspecified atom stereocenters. The smallest absolute Gasteiger partial charge is 0.300 e. The molecule has 2 N–H and O–H groups in total. The van der Waals surface area contributed by atoms with Gasteiger partial charge in [-0.1, -0.05) is 36.4 Å². The Morgan fingerprint density at radius 1 is 0.892 bits per heavy atom. The van der Waals surface area contributed by atoms with E-state index in [1.165, 1.54) is 17.5 Å². The lowest BCUT2D eigenvalue weighted by molar-refractivity contribution is -0.132. The molecule has 1 saturated heterocycles. The number of para-hydroxylation sites is 1. The normalized spacial score (nSPS) is 19.0. The highest BCUT2D eigenvalue weighted by Gasteiger charge is 2.48. The molecule has 0 spiro atoms. The molecule has 3 aromatic carbocycles. The lowest BCUT2D eigenvalue weighted by atomic mass is 9.88. The minimum atomic E-state index is -0.756. The number of aromatic nitrogens is 1. The quantitative estimate of drug-likeness (QED) is 0.193. The van der Waals surface area contributed by atoms with E-state index in [1.54, 1.807) is 4.90 Å². The summed E-state index contributed by atoms with van der Waals surface area (Å²) < 4.78 is 0. The number of ketones is 1. The molecule has 1 fully saturated rings. The van der Waals surface area contributed by atoms with Crippen LogP contribution >= 0.6 is 0 Å². The van der Waals surface area contributed by atoms with E-state index in [9.17, 15) is 14.7 Å². The van der Waals surface area contributed by atoms with Crippen LogP contribution in [-0.4, -0.2) is 21.8 Å². The van der Waals surface area contributed by atoms with Gasteiger partial charge in [-0.3, -0.25) is 14.5 Å². The summed E-state index contributed by atoms with van der Waals surface area (Å²) in [6, 6.07) is 18.9. The van der Waals surface area contributed by atoms with Crippen LogP contribution in [0.25, 0.3) is 16.7 Å². The average Bonchev–Trinajstić information content (AvgIpc) is 3.34. The van der Waals surface area contributed by atoms with E-state index in [-0.39, 0.29) is 11.3 Å². The number of nitrogens with zero attached hydrogens (tertiary/aromatic N) is 1. The Bertz CT molecular complexity index is 1600. The molecule has 2 heterocycles. The van der Waals surface area contributed by atoms with Gasteiger partial charge in [0.1, 0.15) is 5.76 Å². The largest absolute Gasteiger partial charge is 0.507 e. The molecule has 186 valence electrons. The number of rotatable bonds is 3. The van der Waals surface area contributed by atoms with Gasteiger partial charge in [-0.15, -0.1) is 0 Å². The highest BCUT2D eigenvalue weighted by atomic mass is 16.3. The van der Waals surface area contributed by atoms with Crippen molar-refractivity contribution in [3.05, 3.63) is 105 Å². The maximum atomic E-state index is 13.7. The molecule has 5 nitrogen and oxygen atoms in total. The summed E-state index contributed by atoms with van der Waals surface area (Å²) >= 11 is 0. The van der Waals surface area contributed by atoms with Crippen LogP contribution in [0.1, 0.15) is 58.0 Å². The number of carbonyl (C=O) groups excluding carboxylic acids is 2. The Morgan fingerprint density at radius 3 is 2.35 bits per heavy atom. The van der Waals surface area contributed by atoms with E-state index in [4.69, 9.17) is 0 Å². The van der Waals surface area contributed by atoms with Crippen LogP contribution < -0.4 is 4.90 Å². The Balaban J connectivity index is 1.62. The molecule has 6 rings (SSSR count). The maximum absolute atomic E-state index is 13.7. The molecule has 4 aromatic rings. The Labute approximate surface area is 216 Å². The number of aromatic amines is 1. The van der Waals surface area contributed by atoms with Crippen molar-refractivity contribution >= 4 is 34.0 Å². The fourth-order valence-corrected chi connectivity index (χ4v) is 6.15. The Morgan fingerprint density at radius 2 is 1.59 bits per heavy atom. The number of anilines is 1. The standard InChI is InChI=1S/C32H30N2O3/c1-18-14-19(2)16-24(15-18)34-29(27-20(3)33-26-11-7-6-10-25(26)27)28(31(36)32(34)37)30(35)23-13-12-21-8-4-5-9-22(21)17-23/h6-7,10-17,29,33,35H,4-5,8-9H2,1-3H3/b30-28+. The van der Waals surface area contributed by atoms with Gasteiger partial charge in [0.15, 0.2) is 0 Å². The van der Waals surface area contributed by atoms with Gasteiger partial charge in [0, 0.05) is 33.4 Å². The molecular weight excluding hydrogens is 460 g/mol. The van der Waals surface area contributed by atoms with Crippen LogP contribution in [0.4, 0.5) is 5.69 Å². The predicted octanol–water partition coefficient (Wildman–Crippen LogP) is 6.60. The number of aryl methyl sites for hydroxylation is 5. The van der Waals surface area contributed by atoms with Crippen molar-refractivity contribution in [1.82, 2.24) is 4.98 Å². The van der Waals surface area contributed by atoms with E-state index in [2.05, 4.69) is 11.1 Å². The van der Waals surface area contributed by atoms with Crippen LogP contribution in [-0.2, 0) is 22.4 Å². The molecule has 0 radical (unpaired) electrons. The molecule has 1 amide bonds. The number of amides is 1. The van der Waals surface area contributed by atoms with Crippen molar-refractivity contribution in [2.75, 3.05) is 4.90 Å². The first-order chi connectivity index (χ1) is 17.8. The summed E-state index contributed by atoms with van der Waals surface area (Å²) in [5.74, 6) is -1.41. The van der Waals surface area contributed by atoms with Crippen LogP contribution in [0.15, 0.2) is 66.2 Å². The van der Waals surface area contributed by atoms with E-state index >= 15 is 0 Å². The zero-order valence-corrected chi connectivity index (χ0v) is 21.4. The van der Waals surface area contributed by atoms with Crippen LogP contribution in [0, 0.1) is 20.8 Å². The van der Waals surface area contributed by atoms with Crippen LogP contribution in [0.5, 0.6) is 0 Å². The van der Waals surface area contributed by atoms with E-state index < -0.39 is 17.7 Å². The number of H-pyrrole nitrogens is 1. The van der Waals surface area contributed by atoms with Gasteiger partial charge in [0.25, 0.3) is 11.7 Å². The molecule has 1 aliphatic heterocycles. The van der Waals surface area contributed by atoms with Crippen molar-refractivity contribution in [3.8, 4) is 0 Å². The molecule has 1 aromatic heterocycles. The Kier molecular flexibility index (Phi) is 5.52. The third kappa shape index (κ3) is 3.77. The minimum Gasteiger partial charge on any atom is -0.507 e. The van der Waals surface area contributed by atoms with E-state index in [1.807, 2.05) is 75.4 Å². The van der Waals surface area contributed by atoms with Crippen LogP contribution in [0.3, 0.4) is 0 Å². The number of hydrogen-bond donors (Lipinski definition) is 2. The van der Waals surface area contributed by atoms with E-state index in [0.717, 1.165) is 52.5 Å². The highest BCUT2D eigenvalue weighted by Crippen LogP contribution is 2.46. The zero-order chi connectivity index (χ0) is 25.8. The van der Waals surface area contributed by atoms with Crippen molar-refractivity contribution < 1.29 is 14.7 Å². The first-order valence-corrected chi connectivity index (χ1v) is 12.9. The summed E-state index contributed by atoms with van der Waals surface area (Å²) in [5.41, 5.74) is 8.48. The number of fused-ring (bicyclic) bond motifs is 2. The molecule has 0 saturated carbocycles. The van der Waals surface area contributed by atoms with Gasteiger partial charge in [-0.2, -0.15) is 0 Å². The van der Waals surface area contributed by atoms with Gasteiger partial charge < -0.3 is 10.1 Å². The first kappa shape index (κ1) is 23.3. The van der Waals surface area contributed by atoms with Gasteiger partial charge in [-0.05, 0) is 93.0 Å². The molecule has 37 heavy (non-hydrogen) atoms. The third-order valence-electron chi connectivity index (χ3n) is 7.77. The number of benzene rings is 3. The molecule has 1 aliphatic carbocycles. The van der Waals surface area contributed by atoms with Crippen molar-refractivity contribution in [2.24, 2.45) is 0 Å². The molecule has 2 aliphatic rings. The molecule has 1 atom stereocenters. The molecule has 0 bridgehead atoms. The Hall–Kier alpha value is -4.12. The lowest BCUT2D eigenvalue weighted by Crippen LogP contribution is -2.29. The fourth-order valence-electron chi connectivity index (χ4n) is 6.15. The monoisotopic (exact) mass is 490 g/mol. The topological polar surface area (TPSA) is 73.4 Å². The van der Waals surface area contributed by atoms with Gasteiger partial charge in [0.05, 0.1) is 11.6 Å². The average molecular weight is 491 g/mol. The summed E-state index contributed by atoms with van der Waals surface area (Å²) in [5, 5.41) is 12.6. The fraction of sp³-hybridized carbons (Fsp3) is 0.250. The SMILES string of the molecule is Cc1cc(C)cc(N2C(=O)C(=O)/C(=C(/O)c3ccc4c(c3)CCCC4)C2c2c(C)[nH]c3ccccc23)c1. The van der Waals surface area contributed by atoms with Gasteiger partial charge >= 0.3 is 0 Å². The second-order valence-corrected chi connectivity index (χ2v) is 10.4. The number of hydrogen-bond acceptors (Lipinski definition) is 3. The lowest BCUT2D eigenvalue weighted by Gasteiger charge is -2.26. The number of Topliss-reactive ketones (excluding diaryl/α,β-unsaturated/α-hetero) is 1. The zero-order valence-electron chi connectivity index (χ0n) is 21.4. The second-order valence-electron chi connectivity index (χ2n) is 10.4. The number of aliphatic hydroxyl groups is 1. The summed E-state index contributed by atoms with van der Waals surface area (Å²) in [6.07, 6.45) is 4.27. The second kappa shape index (κ2) is 8.77. The number of aliphatic hydroxyl groups excluding tert-OH is 1. The maximum Gasteiger partial charge on any atom is 0.300 e. The third-order valence-corrected chi connectivity index (χ3v) is 7.77. The van der Waals surface area contributed by atoms with Crippen molar-refractivity contribution in [3.63, 3.8) is 0 Å².